The summed E-state index contributed by atoms with van der Waals surface area (Å²) < 4.78 is 38.9. The van der Waals surface area contributed by atoms with Crippen molar-refractivity contribution in [2.45, 2.75) is 25.1 Å². The SMILES string of the molecule is NC(Cc1cccc(C(F)(F)F)c1)Cc1sccc1Br. The molecule has 0 amide bonds. The van der Waals surface area contributed by atoms with E-state index in [1.807, 2.05) is 11.4 Å². The van der Waals surface area contributed by atoms with Gasteiger partial charge in [-0.15, -0.1) is 11.3 Å². The Bertz CT molecular complexity index is 580. The fraction of sp³-hybridized carbons (Fsp3) is 0.286. The maximum atomic E-state index is 12.6. The molecule has 2 rings (SSSR count). The van der Waals surface area contributed by atoms with E-state index in [0.29, 0.717) is 18.4 Å². The Hall–Kier alpha value is -0.850. The highest BCUT2D eigenvalue weighted by atomic mass is 79.9. The Morgan fingerprint density at radius 2 is 1.95 bits per heavy atom. The van der Waals surface area contributed by atoms with Gasteiger partial charge in [-0.1, -0.05) is 18.2 Å². The summed E-state index contributed by atoms with van der Waals surface area (Å²) in [7, 11) is 0. The fourth-order valence-electron chi connectivity index (χ4n) is 1.96. The molecule has 0 bridgehead atoms. The average molecular weight is 364 g/mol. The molecule has 0 aliphatic heterocycles. The molecule has 1 aromatic heterocycles. The van der Waals surface area contributed by atoms with E-state index in [2.05, 4.69) is 15.9 Å². The first-order chi connectivity index (χ1) is 9.36. The monoisotopic (exact) mass is 363 g/mol. The Morgan fingerprint density at radius 1 is 1.20 bits per heavy atom. The summed E-state index contributed by atoms with van der Waals surface area (Å²) in [6.07, 6.45) is -3.24. The lowest BCUT2D eigenvalue weighted by Crippen LogP contribution is -2.25. The maximum absolute atomic E-state index is 12.6. The first-order valence-corrected chi connectivity index (χ1v) is 7.67. The van der Waals surface area contributed by atoms with Crippen molar-refractivity contribution in [1.82, 2.24) is 0 Å². The van der Waals surface area contributed by atoms with Crippen molar-refractivity contribution in [1.29, 1.82) is 0 Å². The van der Waals surface area contributed by atoms with Gasteiger partial charge < -0.3 is 5.73 Å². The summed E-state index contributed by atoms with van der Waals surface area (Å²) in [6.45, 7) is 0. The molecule has 108 valence electrons. The number of halogens is 4. The first kappa shape index (κ1) is 15.5. The van der Waals surface area contributed by atoms with Gasteiger partial charge in [-0.25, -0.2) is 0 Å². The third-order valence-corrected chi connectivity index (χ3v) is 4.84. The van der Waals surface area contributed by atoms with Crippen molar-refractivity contribution >= 4 is 27.3 Å². The molecule has 2 N–H and O–H groups in total. The summed E-state index contributed by atoms with van der Waals surface area (Å²) in [5.74, 6) is 0. The van der Waals surface area contributed by atoms with Crippen molar-refractivity contribution in [2.75, 3.05) is 0 Å². The molecule has 0 saturated carbocycles. The largest absolute Gasteiger partial charge is 0.416 e. The van der Waals surface area contributed by atoms with E-state index in [4.69, 9.17) is 5.73 Å². The second-order valence-electron chi connectivity index (χ2n) is 4.56. The molecular weight excluding hydrogens is 351 g/mol. The van der Waals surface area contributed by atoms with Crippen LogP contribution in [-0.2, 0) is 19.0 Å². The number of hydrogen-bond donors (Lipinski definition) is 1. The first-order valence-electron chi connectivity index (χ1n) is 6.00. The van der Waals surface area contributed by atoms with Gasteiger partial charge in [0, 0.05) is 15.4 Å². The van der Waals surface area contributed by atoms with E-state index in [9.17, 15) is 13.2 Å². The van der Waals surface area contributed by atoms with Crippen LogP contribution in [0.25, 0.3) is 0 Å². The quantitative estimate of drug-likeness (QED) is 0.840. The normalized spacial score (nSPS) is 13.4. The minimum atomic E-state index is -4.31. The van der Waals surface area contributed by atoms with Crippen LogP contribution in [0.1, 0.15) is 16.0 Å². The van der Waals surface area contributed by atoms with Gasteiger partial charge in [-0.05, 0) is 51.8 Å². The number of benzene rings is 1. The number of alkyl halides is 3. The molecule has 1 aromatic carbocycles. The predicted octanol–water partition coefficient (Wildman–Crippen LogP) is 4.64. The lowest BCUT2D eigenvalue weighted by molar-refractivity contribution is -0.137. The Kier molecular flexibility index (Phi) is 4.88. The minimum Gasteiger partial charge on any atom is -0.327 e. The molecule has 20 heavy (non-hydrogen) atoms. The van der Waals surface area contributed by atoms with Crippen LogP contribution in [0.15, 0.2) is 40.2 Å². The van der Waals surface area contributed by atoms with E-state index in [0.717, 1.165) is 15.4 Å². The number of nitrogens with two attached hydrogens (primary N) is 1. The van der Waals surface area contributed by atoms with Crippen LogP contribution in [0, 0.1) is 0 Å². The van der Waals surface area contributed by atoms with Gasteiger partial charge in [0.15, 0.2) is 0 Å². The molecule has 2 aromatic rings. The molecule has 0 saturated heterocycles. The fourth-order valence-corrected chi connectivity index (χ4v) is 3.57. The van der Waals surface area contributed by atoms with Crippen LogP contribution < -0.4 is 5.73 Å². The molecule has 0 aliphatic carbocycles. The lowest BCUT2D eigenvalue weighted by atomic mass is 10.0. The summed E-state index contributed by atoms with van der Waals surface area (Å²) in [5.41, 5.74) is 6.02. The van der Waals surface area contributed by atoms with Crippen LogP contribution in [-0.4, -0.2) is 6.04 Å². The van der Waals surface area contributed by atoms with Crippen LogP contribution in [0.5, 0.6) is 0 Å². The zero-order valence-corrected chi connectivity index (χ0v) is 12.9. The molecule has 1 unspecified atom stereocenters. The molecule has 0 radical (unpaired) electrons. The second kappa shape index (κ2) is 6.28. The highest BCUT2D eigenvalue weighted by molar-refractivity contribution is 9.10. The zero-order valence-electron chi connectivity index (χ0n) is 10.5. The summed E-state index contributed by atoms with van der Waals surface area (Å²) in [5, 5.41) is 1.95. The van der Waals surface area contributed by atoms with Gasteiger partial charge in [0.2, 0.25) is 0 Å². The molecular formula is C14H13BrF3NS. The van der Waals surface area contributed by atoms with E-state index >= 15 is 0 Å². The Morgan fingerprint density at radius 3 is 2.55 bits per heavy atom. The number of rotatable bonds is 4. The standard InChI is InChI=1S/C14H13BrF3NS/c15-12-4-5-20-13(12)8-11(19)7-9-2-1-3-10(6-9)14(16,17)18/h1-6,11H,7-8,19H2. The van der Waals surface area contributed by atoms with Gasteiger partial charge in [0.05, 0.1) is 5.56 Å². The van der Waals surface area contributed by atoms with E-state index in [1.165, 1.54) is 12.1 Å². The smallest absolute Gasteiger partial charge is 0.327 e. The van der Waals surface area contributed by atoms with Gasteiger partial charge in [-0.2, -0.15) is 13.2 Å². The summed E-state index contributed by atoms with van der Waals surface area (Å²) >= 11 is 5.01. The molecule has 0 aliphatic rings. The molecule has 1 heterocycles. The number of hydrogen-bond acceptors (Lipinski definition) is 2. The van der Waals surface area contributed by atoms with Crippen molar-refractivity contribution < 1.29 is 13.2 Å². The zero-order chi connectivity index (χ0) is 14.8. The van der Waals surface area contributed by atoms with Crippen LogP contribution in [0.4, 0.5) is 13.2 Å². The molecule has 0 fully saturated rings. The van der Waals surface area contributed by atoms with E-state index in [1.54, 1.807) is 17.4 Å². The summed E-state index contributed by atoms with van der Waals surface area (Å²) in [4.78, 5) is 1.12. The highest BCUT2D eigenvalue weighted by Crippen LogP contribution is 2.30. The third kappa shape index (κ3) is 4.07. The summed E-state index contributed by atoms with van der Waals surface area (Å²) in [6, 6.07) is 7.09. The number of thiophene rings is 1. The van der Waals surface area contributed by atoms with Gasteiger partial charge in [0.1, 0.15) is 0 Å². The molecule has 1 atom stereocenters. The van der Waals surface area contributed by atoms with Gasteiger partial charge in [-0.3, -0.25) is 0 Å². The Labute approximate surface area is 127 Å². The van der Waals surface area contributed by atoms with Crippen LogP contribution in [0.3, 0.4) is 0 Å². The maximum Gasteiger partial charge on any atom is 0.416 e. The molecule has 0 spiro atoms. The van der Waals surface area contributed by atoms with Crippen LogP contribution in [0.2, 0.25) is 0 Å². The van der Waals surface area contributed by atoms with E-state index < -0.39 is 11.7 Å². The molecule has 6 heteroatoms. The van der Waals surface area contributed by atoms with Gasteiger partial charge >= 0.3 is 6.18 Å². The third-order valence-electron chi connectivity index (χ3n) is 2.89. The van der Waals surface area contributed by atoms with Crippen molar-refractivity contribution in [2.24, 2.45) is 5.73 Å². The van der Waals surface area contributed by atoms with E-state index in [-0.39, 0.29) is 6.04 Å². The van der Waals surface area contributed by atoms with Crippen molar-refractivity contribution in [3.05, 3.63) is 56.2 Å². The van der Waals surface area contributed by atoms with Crippen molar-refractivity contribution in [3.8, 4) is 0 Å². The highest BCUT2D eigenvalue weighted by Gasteiger charge is 2.30. The Balaban J connectivity index is 2.05. The average Bonchev–Trinajstić information content (AvgIpc) is 2.74. The lowest BCUT2D eigenvalue weighted by Gasteiger charge is -2.13. The van der Waals surface area contributed by atoms with Crippen molar-refractivity contribution in [3.63, 3.8) is 0 Å². The van der Waals surface area contributed by atoms with Crippen LogP contribution >= 0.6 is 27.3 Å². The molecule has 1 nitrogen and oxygen atoms in total. The topological polar surface area (TPSA) is 26.0 Å². The minimum absolute atomic E-state index is 0.201. The second-order valence-corrected chi connectivity index (χ2v) is 6.41. The predicted molar refractivity (Wildman–Crippen MR) is 78.8 cm³/mol. The van der Waals surface area contributed by atoms with Gasteiger partial charge in [0.25, 0.3) is 0 Å².